The van der Waals surface area contributed by atoms with Gasteiger partial charge in [0.2, 0.25) is 11.8 Å². The van der Waals surface area contributed by atoms with Gasteiger partial charge in [-0.2, -0.15) is 4.98 Å². The van der Waals surface area contributed by atoms with Gasteiger partial charge in [-0.15, -0.1) is 0 Å². The zero-order chi connectivity index (χ0) is 32.8. The van der Waals surface area contributed by atoms with Gasteiger partial charge in [-0.3, -0.25) is 9.13 Å². The van der Waals surface area contributed by atoms with Gasteiger partial charge in [0.1, 0.15) is 24.5 Å². The molecule has 4 heterocycles. The second kappa shape index (κ2) is 11.8. The van der Waals surface area contributed by atoms with E-state index in [1.54, 1.807) is 27.1 Å². The average molecular weight is 634 g/mol. The van der Waals surface area contributed by atoms with E-state index in [-0.39, 0.29) is 23.8 Å². The van der Waals surface area contributed by atoms with Crippen LogP contribution in [0.2, 0.25) is 0 Å². The number of aryl methyl sites for hydroxylation is 1. The highest BCUT2D eigenvalue weighted by molar-refractivity contribution is 5.83. The molecule has 3 aromatic carbocycles. The van der Waals surface area contributed by atoms with Crippen molar-refractivity contribution in [2.24, 2.45) is 12.5 Å². The maximum absolute atomic E-state index is 13.8. The fourth-order valence-corrected chi connectivity index (χ4v) is 6.35. The number of likely N-dealkylation sites (tertiary alicyclic amines) is 1. The summed E-state index contributed by atoms with van der Waals surface area (Å²) in [5, 5.41) is 0. The van der Waals surface area contributed by atoms with Crippen molar-refractivity contribution in [3.63, 3.8) is 0 Å². The second-order valence-electron chi connectivity index (χ2n) is 13.6. The molecule has 10 heteroatoms. The third-order valence-corrected chi connectivity index (χ3v) is 8.66. The van der Waals surface area contributed by atoms with E-state index in [9.17, 15) is 9.59 Å². The summed E-state index contributed by atoms with van der Waals surface area (Å²) in [5.41, 5.74) is 4.52. The Kier molecular flexibility index (Phi) is 7.66. The molecule has 2 aliphatic heterocycles. The van der Waals surface area contributed by atoms with Gasteiger partial charge in [0, 0.05) is 50.4 Å². The maximum atomic E-state index is 13.8. The van der Waals surface area contributed by atoms with Crippen molar-refractivity contribution in [3.05, 3.63) is 113 Å². The molecule has 0 bridgehead atoms. The number of benzene rings is 3. The van der Waals surface area contributed by atoms with Crippen molar-refractivity contribution >= 4 is 22.8 Å². The lowest BCUT2D eigenvalue weighted by atomic mass is 9.73. The normalized spacial score (nSPS) is 15.3. The van der Waals surface area contributed by atoms with Crippen LogP contribution in [-0.4, -0.2) is 56.9 Å². The molecule has 47 heavy (non-hydrogen) atoms. The minimum atomic E-state index is -0.504. The highest BCUT2D eigenvalue weighted by Gasteiger charge is 2.54. The summed E-state index contributed by atoms with van der Waals surface area (Å²) in [4.78, 5) is 35.0. The monoisotopic (exact) mass is 633 g/mol. The number of nitrogens with zero attached hydrogens (tertiary/aromatic N) is 5. The zero-order valence-corrected chi connectivity index (χ0v) is 27.2. The first-order valence-electron chi connectivity index (χ1n) is 15.9. The summed E-state index contributed by atoms with van der Waals surface area (Å²) < 4.78 is 21.1. The molecule has 0 unspecified atom stereocenters. The number of pyridine rings is 1. The molecule has 2 aromatic heterocycles. The fourth-order valence-electron chi connectivity index (χ4n) is 6.35. The van der Waals surface area contributed by atoms with Crippen molar-refractivity contribution in [2.45, 2.75) is 39.6 Å². The van der Waals surface area contributed by atoms with Crippen molar-refractivity contribution < 1.29 is 19.0 Å². The van der Waals surface area contributed by atoms with Crippen LogP contribution >= 0.6 is 0 Å². The lowest BCUT2D eigenvalue weighted by Crippen LogP contribution is -2.73. The van der Waals surface area contributed by atoms with Crippen LogP contribution in [0, 0.1) is 5.41 Å². The van der Waals surface area contributed by atoms with E-state index in [0.717, 1.165) is 40.9 Å². The first-order chi connectivity index (χ1) is 22.6. The Morgan fingerprint density at radius 1 is 0.809 bits per heavy atom. The maximum Gasteiger partial charge on any atom is 0.410 e. The third-order valence-electron chi connectivity index (χ3n) is 8.66. The Labute approximate surface area is 273 Å². The smallest absolute Gasteiger partial charge is 0.410 e. The average Bonchev–Trinajstić information content (AvgIpc) is 3.26. The summed E-state index contributed by atoms with van der Waals surface area (Å²) in [6, 6.07) is 29.4. The number of carbonyl (C=O) groups is 1. The Balaban J connectivity index is 1.13. The van der Waals surface area contributed by atoms with Gasteiger partial charge in [0.05, 0.1) is 11.0 Å². The van der Waals surface area contributed by atoms with Gasteiger partial charge in [0.15, 0.2) is 0 Å². The molecule has 0 saturated carbocycles. The molecule has 1 amide bonds. The van der Waals surface area contributed by atoms with Crippen molar-refractivity contribution in [2.75, 3.05) is 31.1 Å². The standard InChI is InChI=1S/C37H39N5O5/c1-36(2,3)47-35(44)41-24-37(25-41)22-40(23-37)28-15-16-29-31(19-28)39(4)34(43)42(29)30-17-18-32(45-20-26-11-7-5-8-12-26)38-33(30)46-21-27-13-9-6-10-14-27/h5-19H,20-25H2,1-4H3. The number of fused-ring (bicyclic) bond motifs is 1. The Morgan fingerprint density at radius 2 is 1.45 bits per heavy atom. The largest absolute Gasteiger partial charge is 0.473 e. The van der Waals surface area contributed by atoms with E-state index in [4.69, 9.17) is 19.2 Å². The number of imidazole rings is 1. The van der Waals surface area contributed by atoms with Gasteiger partial charge in [-0.05, 0) is 56.2 Å². The highest BCUT2D eigenvalue weighted by atomic mass is 16.6. The van der Waals surface area contributed by atoms with Gasteiger partial charge in [-0.1, -0.05) is 60.7 Å². The number of anilines is 1. The zero-order valence-electron chi connectivity index (χ0n) is 27.2. The van der Waals surface area contributed by atoms with Crippen molar-refractivity contribution in [1.82, 2.24) is 19.0 Å². The van der Waals surface area contributed by atoms with Crippen LogP contribution in [0.3, 0.4) is 0 Å². The summed E-state index contributed by atoms with van der Waals surface area (Å²) in [6.45, 7) is 9.37. The molecule has 0 aliphatic carbocycles. The second-order valence-corrected chi connectivity index (χ2v) is 13.6. The van der Waals surface area contributed by atoms with Gasteiger partial charge >= 0.3 is 11.8 Å². The molecule has 0 N–H and O–H groups in total. The first kappa shape index (κ1) is 30.4. The number of hydrogen-bond donors (Lipinski definition) is 0. The molecule has 0 radical (unpaired) electrons. The van der Waals surface area contributed by atoms with Crippen LogP contribution in [0.5, 0.6) is 11.8 Å². The lowest BCUT2D eigenvalue weighted by molar-refractivity contribution is -0.0452. The molecular weight excluding hydrogens is 594 g/mol. The highest BCUT2D eigenvalue weighted by Crippen LogP contribution is 2.43. The van der Waals surface area contributed by atoms with Crippen LogP contribution in [0.1, 0.15) is 31.9 Å². The molecule has 0 atom stereocenters. The Morgan fingerprint density at radius 3 is 2.09 bits per heavy atom. The van der Waals surface area contributed by atoms with E-state index >= 15 is 0 Å². The molecule has 7 rings (SSSR count). The SMILES string of the molecule is Cn1c(=O)n(-c2ccc(OCc3ccccc3)nc2OCc2ccccc2)c2ccc(N3CC4(CN(C(=O)OC(C)(C)C)C4)C3)cc21. The van der Waals surface area contributed by atoms with E-state index < -0.39 is 5.60 Å². The lowest BCUT2D eigenvalue weighted by Gasteiger charge is -2.60. The van der Waals surface area contributed by atoms with Gasteiger partial charge in [0.25, 0.3) is 0 Å². The Bertz CT molecular complexity index is 1970. The molecule has 10 nitrogen and oxygen atoms in total. The summed E-state index contributed by atoms with van der Waals surface area (Å²) >= 11 is 0. The quantitative estimate of drug-likeness (QED) is 0.209. The first-order valence-corrected chi connectivity index (χ1v) is 15.9. The minimum Gasteiger partial charge on any atom is -0.473 e. The van der Waals surface area contributed by atoms with E-state index in [1.165, 1.54) is 0 Å². The number of hydrogen-bond acceptors (Lipinski definition) is 7. The molecule has 5 aromatic rings. The van der Waals surface area contributed by atoms with Crippen LogP contribution in [0.25, 0.3) is 16.7 Å². The molecule has 2 aliphatic rings. The van der Waals surface area contributed by atoms with Crippen molar-refractivity contribution in [3.8, 4) is 17.4 Å². The third kappa shape index (κ3) is 6.15. The minimum absolute atomic E-state index is 0.0880. The van der Waals surface area contributed by atoms with Crippen LogP contribution < -0.4 is 20.1 Å². The van der Waals surface area contributed by atoms with Crippen molar-refractivity contribution in [1.29, 1.82) is 0 Å². The molecule has 2 saturated heterocycles. The number of aromatic nitrogens is 3. The fraction of sp³-hybridized carbons (Fsp3) is 0.324. The number of rotatable bonds is 8. The summed E-state index contributed by atoms with van der Waals surface area (Å²) in [5.74, 6) is 0.714. The van der Waals surface area contributed by atoms with E-state index in [2.05, 4.69) is 11.0 Å². The topological polar surface area (TPSA) is 91.1 Å². The van der Waals surface area contributed by atoms with Crippen LogP contribution in [0.4, 0.5) is 10.5 Å². The molecule has 1 spiro atoms. The van der Waals surface area contributed by atoms with Gasteiger partial charge in [-0.25, -0.2) is 9.59 Å². The molecular formula is C37H39N5O5. The number of amides is 1. The van der Waals surface area contributed by atoms with E-state index in [0.29, 0.717) is 37.1 Å². The van der Waals surface area contributed by atoms with E-state index in [1.807, 2.05) is 99.6 Å². The molecule has 242 valence electrons. The van der Waals surface area contributed by atoms with Crippen LogP contribution in [0.15, 0.2) is 95.8 Å². The van der Waals surface area contributed by atoms with Crippen LogP contribution in [-0.2, 0) is 25.0 Å². The summed E-state index contributed by atoms with van der Waals surface area (Å²) in [7, 11) is 1.78. The predicted octanol–water partition coefficient (Wildman–Crippen LogP) is 5.94. The predicted molar refractivity (Wildman–Crippen MR) is 180 cm³/mol. The molecule has 2 fully saturated rings. The number of ether oxygens (including phenoxy) is 3. The Hall–Kier alpha value is -5.25. The van der Waals surface area contributed by atoms with Gasteiger partial charge < -0.3 is 24.0 Å². The summed E-state index contributed by atoms with van der Waals surface area (Å²) in [6.07, 6.45) is -0.253. The number of carbonyl (C=O) groups excluding carboxylic acids is 1.